The second kappa shape index (κ2) is 12.4. The molecule has 0 atom stereocenters. The number of carbonyl (C=O) groups is 2. The average Bonchev–Trinajstić information content (AvgIpc) is 3.16. The van der Waals surface area contributed by atoms with Gasteiger partial charge < -0.3 is 22.1 Å². The van der Waals surface area contributed by atoms with E-state index in [9.17, 15) is 18.0 Å². The smallest absolute Gasteiger partial charge is 0.275 e. The zero-order chi connectivity index (χ0) is 19.9. The van der Waals surface area contributed by atoms with Crippen LogP contribution in [0.1, 0.15) is 20.7 Å². The summed E-state index contributed by atoms with van der Waals surface area (Å²) < 4.78 is 19.9. The molecule has 0 spiro atoms. The van der Waals surface area contributed by atoms with Gasteiger partial charge in [-0.25, -0.2) is 9.98 Å². The molecule has 0 aromatic heterocycles. The van der Waals surface area contributed by atoms with Crippen LogP contribution >= 0.6 is 0 Å². The Kier molecular flexibility index (Phi) is 10.5. The largest absolute Gasteiger partial charge is 0.373 e. The third kappa shape index (κ3) is 7.48. The molecule has 0 saturated carbocycles. The summed E-state index contributed by atoms with van der Waals surface area (Å²) in [5, 5.41) is -0.148. The Morgan fingerprint density at radius 2 is 1.12 bits per heavy atom. The normalized spacial score (nSPS) is 12.1. The van der Waals surface area contributed by atoms with Crippen molar-refractivity contribution in [2.24, 2.45) is 9.98 Å². The van der Waals surface area contributed by atoms with Crippen LogP contribution in [0.15, 0.2) is 46.4 Å². The van der Waals surface area contributed by atoms with Gasteiger partial charge in [0.25, 0.3) is 15.4 Å². The predicted molar refractivity (Wildman–Crippen MR) is 95.3 cm³/mol. The van der Waals surface area contributed by atoms with E-state index in [1.165, 1.54) is 34.4 Å². The molecule has 1 heterocycles. The lowest BCUT2D eigenvalue weighted by atomic mass is 9.95. The van der Waals surface area contributed by atoms with E-state index in [4.69, 9.17) is 22.1 Å². The highest BCUT2D eigenvalue weighted by Crippen LogP contribution is 2.15. The third-order valence-electron chi connectivity index (χ3n) is 2.43. The van der Waals surface area contributed by atoms with Gasteiger partial charge in [0.2, 0.25) is 0 Å². The first kappa shape index (κ1) is 21.9. The minimum atomic E-state index is -2.27. The van der Waals surface area contributed by atoms with Crippen molar-refractivity contribution >= 4 is 39.4 Å². The lowest BCUT2D eigenvalue weighted by molar-refractivity contribution is 0.0994. The number of aliphatic imine (C=N–C) groups is 2. The number of hydrogen-bond acceptors (Lipinski definition) is 4. The summed E-state index contributed by atoms with van der Waals surface area (Å²) in [4.78, 5) is 32.2. The molecule has 1 aliphatic heterocycles. The van der Waals surface area contributed by atoms with Crippen LogP contribution in [0.5, 0.6) is 0 Å². The fourth-order valence-corrected chi connectivity index (χ4v) is 1.85. The summed E-state index contributed by atoms with van der Waals surface area (Å²) in [5.41, 5.74) is 28.0. The molecule has 12 nitrogen and oxygen atoms in total. The summed E-state index contributed by atoms with van der Waals surface area (Å²) in [6.07, 6.45) is 5.27. The van der Waals surface area contributed by atoms with Gasteiger partial charge in [-0.1, -0.05) is 24.3 Å². The first-order chi connectivity index (χ1) is 12.4. The molecule has 0 amide bonds. The Hall–Kier alpha value is -4.05. The molecule has 1 aliphatic carbocycles. The number of carbonyl (C=O) groups excluding carboxylic acids is 2. The molecule has 0 radical (unpaired) electrons. The predicted octanol–water partition coefficient (Wildman–Crippen LogP) is 2.46. The van der Waals surface area contributed by atoms with Crippen molar-refractivity contribution in [2.75, 3.05) is 0 Å². The minimum absolute atomic E-state index is 0.0924. The van der Waals surface area contributed by atoms with Crippen LogP contribution in [0.2, 0.25) is 0 Å². The molecule has 0 unspecified atom stereocenters. The summed E-state index contributed by atoms with van der Waals surface area (Å²) in [6, 6.07) is 6.84. The number of allylic oxidation sites excluding steroid dienone is 2. The van der Waals surface area contributed by atoms with Gasteiger partial charge in [0.1, 0.15) is 0 Å². The Morgan fingerprint density at radius 1 is 0.769 bits per heavy atom. The second-order valence-corrected chi connectivity index (χ2v) is 4.69. The van der Waals surface area contributed by atoms with Crippen molar-refractivity contribution in [2.45, 2.75) is 0 Å². The Balaban J connectivity index is 0.000000387. The molecule has 0 N–H and O–H groups in total. The first-order valence-electron chi connectivity index (χ1n) is 6.28. The van der Waals surface area contributed by atoms with Crippen molar-refractivity contribution in [3.05, 3.63) is 79.5 Å². The number of benzene rings is 1. The van der Waals surface area contributed by atoms with Crippen LogP contribution in [-0.4, -0.2) is 37.5 Å². The van der Waals surface area contributed by atoms with Crippen LogP contribution < -0.4 is 0 Å². The maximum absolute atomic E-state index is 11.2. The second-order valence-electron chi connectivity index (χ2n) is 3.86. The Morgan fingerprint density at radius 3 is 1.38 bits per heavy atom. The van der Waals surface area contributed by atoms with Crippen LogP contribution in [0.3, 0.4) is 0 Å². The molecule has 13 heteroatoms. The van der Waals surface area contributed by atoms with E-state index in [1.807, 2.05) is 0 Å². The van der Waals surface area contributed by atoms with Crippen LogP contribution in [0, 0.1) is 0 Å². The van der Waals surface area contributed by atoms with E-state index < -0.39 is 10.3 Å². The quantitative estimate of drug-likeness (QED) is 0.290. The molecule has 0 bridgehead atoms. The van der Waals surface area contributed by atoms with Gasteiger partial charge >= 0.3 is 0 Å². The van der Waals surface area contributed by atoms with Crippen molar-refractivity contribution in [1.82, 2.24) is 0 Å². The summed E-state index contributed by atoms with van der Waals surface area (Å²) >= 11 is 0. The molecular formula is C13H8N8O4S-2. The van der Waals surface area contributed by atoms with Gasteiger partial charge in [-0.15, -0.1) is 0 Å². The Bertz CT molecular complexity index is 908. The summed E-state index contributed by atoms with van der Waals surface area (Å²) in [6.45, 7) is 0. The Labute approximate surface area is 147 Å². The molecule has 1 aromatic carbocycles. The lowest BCUT2D eigenvalue weighted by Gasteiger charge is -2.06. The maximum atomic E-state index is 11.2. The van der Waals surface area contributed by atoms with Crippen molar-refractivity contribution in [3.63, 3.8) is 0 Å². The van der Waals surface area contributed by atoms with Gasteiger partial charge in [-0.2, -0.15) is 8.42 Å². The van der Waals surface area contributed by atoms with E-state index in [1.54, 1.807) is 24.3 Å². The average molecular weight is 372 g/mol. The van der Waals surface area contributed by atoms with E-state index >= 15 is 0 Å². The number of rotatable bonds is 0. The lowest BCUT2D eigenvalue weighted by Crippen LogP contribution is -2.10. The van der Waals surface area contributed by atoms with Gasteiger partial charge in [0, 0.05) is 23.6 Å². The fourth-order valence-electron chi connectivity index (χ4n) is 1.56. The highest BCUT2D eigenvalue weighted by molar-refractivity contribution is 7.73. The molecule has 0 saturated heterocycles. The summed E-state index contributed by atoms with van der Waals surface area (Å²) in [7, 11) is -2.27. The molecule has 0 fully saturated rings. The van der Waals surface area contributed by atoms with E-state index in [0.717, 1.165) is 0 Å². The zero-order valence-electron chi connectivity index (χ0n) is 12.7. The van der Waals surface area contributed by atoms with Crippen LogP contribution in [-0.2, 0) is 10.3 Å². The van der Waals surface area contributed by atoms with E-state index in [0.29, 0.717) is 11.1 Å². The minimum Gasteiger partial charge on any atom is -0.373 e. The number of ketones is 2. The van der Waals surface area contributed by atoms with Crippen molar-refractivity contribution in [3.8, 4) is 0 Å². The van der Waals surface area contributed by atoms with Gasteiger partial charge in [0.15, 0.2) is 11.6 Å². The highest BCUT2D eigenvalue weighted by Gasteiger charge is 2.16. The standard InChI is InChI=1S/C10H6O2.C3H2N2O2S.2N3/c11-9-5-6-10(12)8-4-2-1-3-7(8)9;6-8(7)3-4-1-2-5-3;2*1-3-2/h1-6H;1-2H;;/q;;2*-1. The monoisotopic (exact) mass is 372 g/mol. The SMILES string of the molecule is O=C1C=CC(=O)c2ccccc21.O=S(=O)=C1N=CC=N1.[N-]=[N+]=[N-].[N-]=[N+]=[N-]. The highest BCUT2D eigenvalue weighted by atomic mass is 32.2. The third-order valence-corrected chi connectivity index (χ3v) is 2.94. The van der Waals surface area contributed by atoms with Crippen LogP contribution in [0.25, 0.3) is 31.9 Å². The molecule has 2 aliphatic rings. The number of fused-ring (bicyclic) bond motifs is 1. The van der Waals surface area contributed by atoms with Gasteiger partial charge in [-0.05, 0) is 12.2 Å². The van der Waals surface area contributed by atoms with Gasteiger partial charge in [-0.3, -0.25) is 19.4 Å². The zero-order valence-corrected chi connectivity index (χ0v) is 13.6. The van der Waals surface area contributed by atoms with Crippen LogP contribution in [0.4, 0.5) is 0 Å². The van der Waals surface area contributed by atoms with Crippen molar-refractivity contribution in [1.29, 1.82) is 0 Å². The molecule has 3 rings (SSSR count). The fraction of sp³-hybridized carbons (Fsp3) is 0. The number of hydrogen-bond donors (Lipinski definition) is 0. The topological polar surface area (TPSA) is 210 Å². The van der Waals surface area contributed by atoms with E-state index in [2.05, 4.69) is 9.98 Å². The summed E-state index contributed by atoms with van der Waals surface area (Å²) in [5.74, 6) is -0.185. The molecule has 132 valence electrons. The number of nitrogens with zero attached hydrogens (tertiary/aromatic N) is 8. The molecule has 1 aromatic rings. The van der Waals surface area contributed by atoms with Gasteiger partial charge in [0.05, 0.1) is 0 Å². The van der Waals surface area contributed by atoms with Crippen molar-refractivity contribution < 1.29 is 18.0 Å². The maximum Gasteiger partial charge on any atom is 0.275 e. The first-order valence-corrected chi connectivity index (χ1v) is 7.36. The van der Waals surface area contributed by atoms with E-state index in [-0.39, 0.29) is 16.7 Å². The molecular weight excluding hydrogens is 364 g/mol. The molecule has 26 heavy (non-hydrogen) atoms.